The minimum absolute atomic E-state index is 0.0204. The zero-order valence-corrected chi connectivity index (χ0v) is 8.62. The summed E-state index contributed by atoms with van der Waals surface area (Å²) in [7, 11) is 0. The van der Waals surface area contributed by atoms with Crippen molar-refractivity contribution in [3.63, 3.8) is 0 Å². The van der Waals surface area contributed by atoms with Gasteiger partial charge in [0, 0.05) is 0 Å². The van der Waals surface area contributed by atoms with Gasteiger partial charge in [-0.15, -0.1) is 0 Å². The summed E-state index contributed by atoms with van der Waals surface area (Å²) >= 11 is 0. The second-order valence-corrected chi connectivity index (χ2v) is 3.57. The average molecular weight is 222 g/mol. The summed E-state index contributed by atoms with van der Waals surface area (Å²) in [6, 6.07) is 2.53. The standard InChI is InChI=1S/C11H11FN2O2/c1-6(15)10-8(12)4-5-9(14-16)11(10)13-7-2-3-7/h2-5,7,13-14,16H,1H3. The topological polar surface area (TPSA) is 61.4 Å². The van der Waals surface area contributed by atoms with E-state index in [2.05, 4.69) is 5.32 Å². The van der Waals surface area contributed by atoms with E-state index in [1.54, 1.807) is 0 Å². The number of carbonyl (C=O) groups is 1. The van der Waals surface area contributed by atoms with Gasteiger partial charge in [-0.3, -0.25) is 15.5 Å². The fourth-order valence-electron chi connectivity index (χ4n) is 1.48. The molecule has 84 valence electrons. The number of halogens is 1. The zero-order chi connectivity index (χ0) is 11.7. The predicted octanol–water partition coefficient (Wildman–Crippen LogP) is 2.18. The molecule has 5 heteroatoms. The maximum atomic E-state index is 13.5. The molecule has 1 aromatic rings. The highest BCUT2D eigenvalue weighted by Gasteiger charge is 2.20. The van der Waals surface area contributed by atoms with Crippen LogP contribution in [0.25, 0.3) is 0 Å². The third-order valence-corrected chi connectivity index (χ3v) is 2.32. The van der Waals surface area contributed by atoms with Gasteiger partial charge in [0.25, 0.3) is 0 Å². The van der Waals surface area contributed by atoms with E-state index in [4.69, 9.17) is 5.21 Å². The number of hydrogen-bond donors (Lipinski definition) is 3. The van der Waals surface area contributed by atoms with Crippen molar-refractivity contribution in [1.82, 2.24) is 0 Å². The highest BCUT2D eigenvalue weighted by Crippen LogP contribution is 2.31. The molecular weight excluding hydrogens is 211 g/mol. The molecule has 0 heterocycles. The Morgan fingerprint density at radius 3 is 2.62 bits per heavy atom. The van der Waals surface area contributed by atoms with Crippen molar-refractivity contribution < 1.29 is 14.4 Å². The molecule has 2 rings (SSSR count). The Hall–Kier alpha value is -1.88. The van der Waals surface area contributed by atoms with E-state index in [-0.39, 0.29) is 23.0 Å². The summed E-state index contributed by atoms with van der Waals surface area (Å²) < 4.78 is 13.5. The van der Waals surface area contributed by atoms with Gasteiger partial charge in [-0.05, 0) is 19.1 Å². The summed E-state index contributed by atoms with van der Waals surface area (Å²) in [4.78, 5) is 11.3. The second kappa shape index (κ2) is 3.94. The molecule has 0 amide bonds. The summed E-state index contributed by atoms with van der Waals surface area (Å²) in [5.41, 5.74) is 2.45. The van der Waals surface area contributed by atoms with Gasteiger partial charge in [-0.1, -0.05) is 12.2 Å². The van der Waals surface area contributed by atoms with Crippen LogP contribution >= 0.6 is 0 Å². The van der Waals surface area contributed by atoms with Crippen LogP contribution < -0.4 is 10.8 Å². The Balaban J connectivity index is 2.48. The van der Waals surface area contributed by atoms with Crippen molar-refractivity contribution >= 4 is 17.2 Å². The number of Topliss-reactive ketones (excluding diaryl/α,β-unsaturated/α-hetero) is 1. The number of anilines is 2. The molecule has 1 aromatic carbocycles. The molecule has 0 aromatic heterocycles. The van der Waals surface area contributed by atoms with E-state index < -0.39 is 11.6 Å². The molecule has 0 saturated carbocycles. The van der Waals surface area contributed by atoms with Gasteiger partial charge in [0.15, 0.2) is 5.78 Å². The van der Waals surface area contributed by atoms with Crippen molar-refractivity contribution in [3.8, 4) is 0 Å². The van der Waals surface area contributed by atoms with Crippen molar-refractivity contribution in [3.05, 3.63) is 35.7 Å². The molecule has 1 aliphatic rings. The lowest BCUT2D eigenvalue weighted by Crippen LogP contribution is -2.12. The second-order valence-electron chi connectivity index (χ2n) is 3.57. The van der Waals surface area contributed by atoms with Crippen LogP contribution in [-0.4, -0.2) is 17.0 Å². The number of carbonyl (C=O) groups excluding carboxylic acids is 1. The summed E-state index contributed by atoms with van der Waals surface area (Å²) in [5.74, 6) is -0.993. The van der Waals surface area contributed by atoms with E-state index in [9.17, 15) is 9.18 Å². The smallest absolute Gasteiger partial charge is 0.164 e. The highest BCUT2D eigenvalue weighted by atomic mass is 19.1. The normalized spacial score (nSPS) is 13.7. The highest BCUT2D eigenvalue weighted by molar-refractivity contribution is 6.02. The van der Waals surface area contributed by atoms with E-state index in [0.717, 1.165) is 6.07 Å². The van der Waals surface area contributed by atoms with Gasteiger partial charge in [-0.2, -0.15) is 0 Å². The molecule has 0 unspecified atom stereocenters. The molecular formula is C11H11FN2O2. The fraction of sp³-hybridized carbons (Fsp3) is 0.182. The Bertz CT molecular complexity index is 465. The summed E-state index contributed by atoms with van der Waals surface area (Å²) in [5, 5.41) is 11.8. The van der Waals surface area contributed by atoms with Crippen LogP contribution in [0.5, 0.6) is 0 Å². The first-order valence-corrected chi connectivity index (χ1v) is 4.82. The molecule has 0 saturated heterocycles. The van der Waals surface area contributed by atoms with Gasteiger partial charge in [0.2, 0.25) is 0 Å². The average Bonchev–Trinajstić information content (AvgIpc) is 3.01. The molecule has 0 spiro atoms. The maximum Gasteiger partial charge on any atom is 0.164 e. The molecule has 16 heavy (non-hydrogen) atoms. The van der Waals surface area contributed by atoms with Gasteiger partial charge in [0.05, 0.1) is 23.0 Å². The van der Waals surface area contributed by atoms with Crippen LogP contribution in [0.4, 0.5) is 15.8 Å². The molecule has 0 atom stereocenters. The third-order valence-electron chi connectivity index (χ3n) is 2.32. The van der Waals surface area contributed by atoms with Crippen LogP contribution in [-0.2, 0) is 0 Å². The van der Waals surface area contributed by atoms with E-state index >= 15 is 0 Å². The number of ketones is 1. The number of benzene rings is 1. The van der Waals surface area contributed by atoms with E-state index in [1.807, 2.05) is 17.6 Å². The van der Waals surface area contributed by atoms with Crippen molar-refractivity contribution in [2.75, 3.05) is 10.8 Å². The van der Waals surface area contributed by atoms with Crippen molar-refractivity contribution in [2.45, 2.75) is 13.0 Å². The lowest BCUT2D eigenvalue weighted by Gasteiger charge is -2.14. The molecule has 0 bridgehead atoms. The molecule has 1 aliphatic carbocycles. The molecule has 0 fully saturated rings. The lowest BCUT2D eigenvalue weighted by atomic mass is 10.1. The van der Waals surface area contributed by atoms with Gasteiger partial charge in [0.1, 0.15) is 5.82 Å². The van der Waals surface area contributed by atoms with Crippen LogP contribution in [0.15, 0.2) is 24.3 Å². The van der Waals surface area contributed by atoms with Crippen molar-refractivity contribution in [2.24, 2.45) is 0 Å². The predicted molar refractivity (Wildman–Crippen MR) is 58.4 cm³/mol. The first kappa shape index (κ1) is 10.6. The summed E-state index contributed by atoms with van der Waals surface area (Å²) in [6.45, 7) is 1.28. The lowest BCUT2D eigenvalue weighted by molar-refractivity contribution is 0.101. The maximum absolute atomic E-state index is 13.5. The van der Waals surface area contributed by atoms with Crippen molar-refractivity contribution in [1.29, 1.82) is 0 Å². The Labute approximate surface area is 91.7 Å². The van der Waals surface area contributed by atoms with Crippen LogP contribution in [0.2, 0.25) is 0 Å². The summed E-state index contributed by atoms with van der Waals surface area (Å²) in [6.07, 6.45) is 3.71. The first-order valence-electron chi connectivity index (χ1n) is 4.82. The SMILES string of the molecule is CC(=O)c1c(F)ccc(NO)c1NC1C=C1. The number of hydrogen-bond acceptors (Lipinski definition) is 4. The number of rotatable bonds is 4. The van der Waals surface area contributed by atoms with Gasteiger partial charge in [-0.25, -0.2) is 4.39 Å². The van der Waals surface area contributed by atoms with Gasteiger partial charge >= 0.3 is 0 Å². The van der Waals surface area contributed by atoms with E-state index in [0.29, 0.717) is 0 Å². The zero-order valence-electron chi connectivity index (χ0n) is 8.62. The van der Waals surface area contributed by atoms with Crippen LogP contribution in [0, 0.1) is 5.82 Å². The first-order chi connectivity index (χ1) is 7.63. The molecule has 0 aliphatic heterocycles. The Morgan fingerprint density at radius 2 is 2.12 bits per heavy atom. The minimum atomic E-state index is -0.602. The largest absolute Gasteiger partial charge is 0.373 e. The van der Waals surface area contributed by atoms with Gasteiger partial charge < -0.3 is 5.32 Å². The monoisotopic (exact) mass is 222 g/mol. The molecule has 0 radical (unpaired) electrons. The minimum Gasteiger partial charge on any atom is -0.373 e. The third kappa shape index (κ3) is 1.90. The fourth-order valence-corrected chi connectivity index (χ4v) is 1.48. The Morgan fingerprint density at radius 1 is 1.44 bits per heavy atom. The molecule has 4 nitrogen and oxygen atoms in total. The van der Waals surface area contributed by atoms with Crippen LogP contribution in [0.3, 0.4) is 0 Å². The van der Waals surface area contributed by atoms with Crippen LogP contribution in [0.1, 0.15) is 17.3 Å². The number of nitrogens with one attached hydrogen (secondary N) is 2. The molecule has 3 N–H and O–H groups in total. The Kier molecular flexibility index (Phi) is 2.62. The van der Waals surface area contributed by atoms with E-state index in [1.165, 1.54) is 13.0 Å². The quantitative estimate of drug-likeness (QED) is 0.415.